The molecular formula is C15H20N4. The van der Waals surface area contributed by atoms with Crippen LogP contribution in [-0.2, 0) is 0 Å². The van der Waals surface area contributed by atoms with Gasteiger partial charge in [-0.1, -0.05) is 24.6 Å². The van der Waals surface area contributed by atoms with E-state index in [2.05, 4.69) is 46.6 Å². The molecule has 0 aliphatic heterocycles. The summed E-state index contributed by atoms with van der Waals surface area (Å²) in [6.07, 6.45) is 1.07. The molecule has 0 unspecified atom stereocenters. The average Bonchev–Trinajstić information content (AvgIpc) is 2.38. The molecule has 0 spiro atoms. The standard InChI is InChI=1S/C15H20N4/c1-4-9-16-14-10-15(18-12(3)17-14)19-13-7-5-11(2)6-8-13/h5-8,10H,4,9H2,1-3H3,(H2,16,17,18,19). The average molecular weight is 256 g/mol. The number of hydrogen-bond donors (Lipinski definition) is 2. The van der Waals surface area contributed by atoms with Gasteiger partial charge in [-0.25, -0.2) is 9.97 Å². The Bertz CT molecular complexity index is 534. The van der Waals surface area contributed by atoms with Crippen LogP contribution in [0.4, 0.5) is 17.3 Å². The van der Waals surface area contributed by atoms with E-state index in [1.807, 2.05) is 25.1 Å². The summed E-state index contributed by atoms with van der Waals surface area (Å²) in [7, 11) is 0. The van der Waals surface area contributed by atoms with Gasteiger partial charge in [-0.3, -0.25) is 0 Å². The number of nitrogens with one attached hydrogen (secondary N) is 2. The van der Waals surface area contributed by atoms with Crippen LogP contribution in [0.2, 0.25) is 0 Å². The van der Waals surface area contributed by atoms with Gasteiger partial charge in [0.15, 0.2) is 0 Å². The minimum Gasteiger partial charge on any atom is -0.370 e. The van der Waals surface area contributed by atoms with Gasteiger partial charge in [0.1, 0.15) is 17.5 Å². The van der Waals surface area contributed by atoms with Crippen molar-refractivity contribution >= 4 is 17.3 Å². The van der Waals surface area contributed by atoms with Gasteiger partial charge < -0.3 is 10.6 Å². The van der Waals surface area contributed by atoms with Gasteiger partial charge in [0.25, 0.3) is 0 Å². The highest BCUT2D eigenvalue weighted by Crippen LogP contribution is 2.17. The molecule has 2 aromatic rings. The highest BCUT2D eigenvalue weighted by atomic mass is 15.1. The van der Waals surface area contributed by atoms with Gasteiger partial charge in [-0.05, 0) is 32.4 Å². The highest BCUT2D eigenvalue weighted by molar-refractivity contribution is 5.59. The third-order valence-electron chi connectivity index (χ3n) is 2.72. The summed E-state index contributed by atoms with van der Waals surface area (Å²) in [5, 5.41) is 6.58. The second kappa shape index (κ2) is 6.18. The third-order valence-corrected chi connectivity index (χ3v) is 2.72. The lowest BCUT2D eigenvalue weighted by atomic mass is 10.2. The van der Waals surface area contributed by atoms with E-state index in [1.165, 1.54) is 5.56 Å². The Hall–Kier alpha value is -2.10. The van der Waals surface area contributed by atoms with Crippen LogP contribution >= 0.6 is 0 Å². The van der Waals surface area contributed by atoms with Gasteiger partial charge in [0, 0.05) is 18.3 Å². The number of aromatic nitrogens is 2. The van der Waals surface area contributed by atoms with Crippen molar-refractivity contribution in [2.45, 2.75) is 27.2 Å². The lowest BCUT2D eigenvalue weighted by molar-refractivity contribution is 0.955. The van der Waals surface area contributed by atoms with Gasteiger partial charge in [0.05, 0.1) is 0 Å². The molecule has 0 atom stereocenters. The van der Waals surface area contributed by atoms with E-state index in [4.69, 9.17) is 0 Å². The van der Waals surface area contributed by atoms with Crippen molar-refractivity contribution in [3.05, 3.63) is 41.7 Å². The molecule has 100 valence electrons. The predicted octanol–water partition coefficient (Wildman–Crippen LogP) is 3.66. The first kappa shape index (κ1) is 13.3. The fraction of sp³-hybridized carbons (Fsp3) is 0.333. The molecule has 0 saturated heterocycles. The van der Waals surface area contributed by atoms with Crippen LogP contribution in [-0.4, -0.2) is 16.5 Å². The molecule has 19 heavy (non-hydrogen) atoms. The Labute approximate surface area is 114 Å². The number of aryl methyl sites for hydroxylation is 2. The van der Waals surface area contributed by atoms with Crippen molar-refractivity contribution in [3.8, 4) is 0 Å². The lowest BCUT2D eigenvalue weighted by Gasteiger charge is -2.10. The zero-order valence-corrected chi connectivity index (χ0v) is 11.7. The lowest BCUT2D eigenvalue weighted by Crippen LogP contribution is -2.05. The maximum absolute atomic E-state index is 4.40. The molecule has 2 rings (SSSR count). The predicted molar refractivity (Wildman–Crippen MR) is 80.0 cm³/mol. The van der Waals surface area contributed by atoms with Gasteiger partial charge in [-0.2, -0.15) is 0 Å². The molecule has 0 aliphatic rings. The Morgan fingerprint density at radius 1 is 1.00 bits per heavy atom. The van der Waals surface area contributed by atoms with E-state index < -0.39 is 0 Å². The first-order valence-electron chi connectivity index (χ1n) is 6.60. The molecule has 0 fully saturated rings. The first-order valence-corrected chi connectivity index (χ1v) is 6.60. The smallest absolute Gasteiger partial charge is 0.136 e. The van der Waals surface area contributed by atoms with Crippen molar-refractivity contribution in [1.82, 2.24) is 9.97 Å². The van der Waals surface area contributed by atoms with Crippen molar-refractivity contribution < 1.29 is 0 Å². The largest absolute Gasteiger partial charge is 0.370 e. The number of hydrogen-bond acceptors (Lipinski definition) is 4. The number of rotatable bonds is 5. The quantitative estimate of drug-likeness (QED) is 0.857. The summed E-state index contributed by atoms with van der Waals surface area (Å²) in [6, 6.07) is 10.2. The van der Waals surface area contributed by atoms with Crippen molar-refractivity contribution in [1.29, 1.82) is 0 Å². The van der Waals surface area contributed by atoms with E-state index in [0.29, 0.717) is 0 Å². The van der Waals surface area contributed by atoms with E-state index in [0.717, 1.165) is 36.1 Å². The fourth-order valence-electron chi connectivity index (χ4n) is 1.76. The molecule has 1 heterocycles. The summed E-state index contributed by atoms with van der Waals surface area (Å²) in [5.74, 6) is 2.44. The van der Waals surface area contributed by atoms with Crippen LogP contribution < -0.4 is 10.6 Å². The minimum atomic E-state index is 0.760. The van der Waals surface area contributed by atoms with Crippen molar-refractivity contribution in [2.24, 2.45) is 0 Å². The SMILES string of the molecule is CCCNc1cc(Nc2ccc(C)cc2)nc(C)n1. The molecule has 0 bridgehead atoms. The van der Waals surface area contributed by atoms with E-state index in [-0.39, 0.29) is 0 Å². The molecule has 4 nitrogen and oxygen atoms in total. The summed E-state index contributed by atoms with van der Waals surface area (Å²) < 4.78 is 0. The first-order chi connectivity index (χ1) is 9.17. The van der Waals surface area contributed by atoms with E-state index in [9.17, 15) is 0 Å². The molecule has 0 radical (unpaired) electrons. The van der Waals surface area contributed by atoms with E-state index in [1.54, 1.807) is 0 Å². The Kier molecular flexibility index (Phi) is 4.34. The molecule has 1 aromatic carbocycles. The Morgan fingerprint density at radius 2 is 1.68 bits per heavy atom. The number of benzene rings is 1. The van der Waals surface area contributed by atoms with Gasteiger partial charge >= 0.3 is 0 Å². The Balaban J connectivity index is 2.15. The van der Waals surface area contributed by atoms with Crippen LogP contribution in [0.3, 0.4) is 0 Å². The maximum atomic E-state index is 4.40. The van der Waals surface area contributed by atoms with Gasteiger partial charge in [0.2, 0.25) is 0 Å². The third kappa shape index (κ3) is 3.95. The monoisotopic (exact) mass is 256 g/mol. The minimum absolute atomic E-state index is 0.760. The molecule has 2 N–H and O–H groups in total. The summed E-state index contributed by atoms with van der Waals surface area (Å²) in [6.45, 7) is 7.02. The molecule has 4 heteroatoms. The zero-order valence-electron chi connectivity index (χ0n) is 11.7. The van der Waals surface area contributed by atoms with Crippen LogP contribution in [0, 0.1) is 13.8 Å². The second-order valence-corrected chi connectivity index (χ2v) is 4.60. The van der Waals surface area contributed by atoms with Crippen molar-refractivity contribution in [3.63, 3.8) is 0 Å². The molecular weight excluding hydrogens is 236 g/mol. The fourth-order valence-corrected chi connectivity index (χ4v) is 1.76. The summed E-state index contributed by atoms with van der Waals surface area (Å²) in [5.41, 5.74) is 2.28. The van der Waals surface area contributed by atoms with Crippen molar-refractivity contribution in [2.75, 3.05) is 17.2 Å². The highest BCUT2D eigenvalue weighted by Gasteiger charge is 2.02. The van der Waals surface area contributed by atoms with Crippen LogP contribution in [0.15, 0.2) is 30.3 Å². The zero-order chi connectivity index (χ0) is 13.7. The summed E-state index contributed by atoms with van der Waals surface area (Å²) >= 11 is 0. The van der Waals surface area contributed by atoms with E-state index >= 15 is 0 Å². The maximum Gasteiger partial charge on any atom is 0.136 e. The van der Waals surface area contributed by atoms with Gasteiger partial charge in [-0.15, -0.1) is 0 Å². The van der Waals surface area contributed by atoms with Crippen LogP contribution in [0.1, 0.15) is 24.7 Å². The number of nitrogens with zero attached hydrogens (tertiary/aromatic N) is 2. The van der Waals surface area contributed by atoms with Crippen LogP contribution in [0.5, 0.6) is 0 Å². The second-order valence-electron chi connectivity index (χ2n) is 4.60. The Morgan fingerprint density at radius 3 is 2.37 bits per heavy atom. The number of anilines is 3. The normalized spacial score (nSPS) is 10.3. The molecule has 0 aliphatic carbocycles. The molecule has 0 amide bonds. The van der Waals surface area contributed by atoms with Crippen LogP contribution in [0.25, 0.3) is 0 Å². The molecule has 1 aromatic heterocycles. The molecule has 0 saturated carbocycles. The topological polar surface area (TPSA) is 49.8 Å². The summed E-state index contributed by atoms with van der Waals surface area (Å²) in [4.78, 5) is 8.76.